The number of thioether (sulfide) groups is 1. The third-order valence-corrected chi connectivity index (χ3v) is 7.95. The zero-order valence-corrected chi connectivity index (χ0v) is 19.4. The molecule has 0 unspecified atom stereocenters. The van der Waals surface area contributed by atoms with Crippen molar-refractivity contribution in [3.8, 4) is 11.6 Å². The number of thiazole rings is 1. The smallest absolute Gasteiger partial charge is 0.259 e. The fourth-order valence-corrected chi connectivity index (χ4v) is 6.31. The molecule has 0 spiro atoms. The van der Waals surface area contributed by atoms with Gasteiger partial charge in [-0.05, 0) is 43.4 Å². The van der Waals surface area contributed by atoms with Crippen LogP contribution in [0.4, 0.5) is 0 Å². The number of aromatic nitrogens is 5. The van der Waals surface area contributed by atoms with Crippen molar-refractivity contribution < 1.29 is 4.42 Å². The van der Waals surface area contributed by atoms with Gasteiger partial charge in [0.25, 0.3) is 5.56 Å². The van der Waals surface area contributed by atoms with Gasteiger partial charge >= 0.3 is 0 Å². The minimum Gasteiger partial charge on any atom is -0.461 e. The quantitative estimate of drug-likeness (QED) is 0.328. The van der Waals surface area contributed by atoms with E-state index in [2.05, 4.69) is 22.3 Å². The van der Waals surface area contributed by atoms with Crippen molar-refractivity contribution in [1.82, 2.24) is 24.1 Å². The lowest BCUT2D eigenvalue weighted by Crippen LogP contribution is -2.17. The Bertz CT molecular complexity index is 1470. The summed E-state index contributed by atoms with van der Waals surface area (Å²) in [6.45, 7) is 0.624. The molecule has 0 aliphatic heterocycles. The molecule has 4 aromatic heterocycles. The third kappa shape index (κ3) is 3.91. The number of furan rings is 1. The van der Waals surface area contributed by atoms with E-state index in [9.17, 15) is 4.79 Å². The summed E-state index contributed by atoms with van der Waals surface area (Å²) in [6, 6.07) is 15.6. The molecule has 33 heavy (non-hydrogen) atoms. The molecular formula is C24H21N5O2S2. The van der Waals surface area contributed by atoms with Crippen molar-refractivity contribution in [3.63, 3.8) is 0 Å². The van der Waals surface area contributed by atoms with E-state index in [0.29, 0.717) is 23.9 Å². The Morgan fingerprint density at radius 2 is 1.94 bits per heavy atom. The molecule has 6 rings (SSSR count). The molecule has 7 nitrogen and oxygen atoms in total. The average Bonchev–Trinajstić information content (AvgIpc) is 3.57. The van der Waals surface area contributed by atoms with Crippen LogP contribution in [-0.4, -0.2) is 24.1 Å². The number of hydrogen-bond acceptors (Lipinski definition) is 7. The van der Waals surface area contributed by atoms with E-state index >= 15 is 0 Å². The zero-order valence-electron chi connectivity index (χ0n) is 17.8. The Morgan fingerprint density at radius 1 is 1.06 bits per heavy atom. The lowest BCUT2D eigenvalue weighted by molar-refractivity contribution is 0.569. The fourth-order valence-electron chi connectivity index (χ4n) is 4.25. The topological polar surface area (TPSA) is 78.2 Å². The van der Waals surface area contributed by atoms with E-state index in [0.717, 1.165) is 46.3 Å². The van der Waals surface area contributed by atoms with Crippen LogP contribution >= 0.6 is 23.1 Å². The number of aryl methyl sites for hydroxylation is 2. The SMILES string of the molecule is O=c1cc(CSc2nnc(-c3ccco3)n2Cc2ccccc2)nc2sc3c(n12)CCCC3. The molecule has 0 fully saturated rings. The van der Waals surface area contributed by atoms with Gasteiger partial charge in [-0.1, -0.05) is 42.1 Å². The van der Waals surface area contributed by atoms with Crippen LogP contribution in [0.15, 0.2) is 69.2 Å². The molecule has 0 amide bonds. The predicted molar refractivity (Wildman–Crippen MR) is 129 cm³/mol. The second kappa shape index (κ2) is 8.64. The molecule has 5 aromatic rings. The largest absolute Gasteiger partial charge is 0.461 e. The highest BCUT2D eigenvalue weighted by molar-refractivity contribution is 7.98. The van der Waals surface area contributed by atoms with Crippen molar-refractivity contribution in [3.05, 3.63) is 87.0 Å². The molecule has 4 heterocycles. The molecule has 0 radical (unpaired) electrons. The summed E-state index contributed by atoms with van der Waals surface area (Å²) in [5.41, 5.74) is 3.08. The summed E-state index contributed by atoms with van der Waals surface area (Å²) in [4.78, 5) is 19.8. The molecule has 0 N–H and O–H groups in total. The molecule has 0 saturated carbocycles. The van der Waals surface area contributed by atoms with E-state index in [1.807, 2.05) is 34.9 Å². The van der Waals surface area contributed by atoms with Gasteiger partial charge in [-0.25, -0.2) is 4.98 Å². The van der Waals surface area contributed by atoms with Crippen LogP contribution in [0.1, 0.15) is 34.7 Å². The summed E-state index contributed by atoms with van der Waals surface area (Å²) in [5.74, 6) is 1.90. The number of fused-ring (bicyclic) bond motifs is 3. The normalized spacial score (nSPS) is 13.5. The van der Waals surface area contributed by atoms with Crippen LogP contribution < -0.4 is 5.56 Å². The summed E-state index contributed by atoms with van der Waals surface area (Å²) in [7, 11) is 0. The van der Waals surface area contributed by atoms with Crippen molar-refractivity contribution in [2.24, 2.45) is 0 Å². The highest BCUT2D eigenvalue weighted by atomic mass is 32.2. The lowest BCUT2D eigenvalue weighted by atomic mass is 10.0. The van der Waals surface area contributed by atoms with Gasteiger partial charge in [0.05, 0.1) is 18.5 Å². The Kier molecular flexibility index (Phi) is 5.35. The van der Waals surface area contributed by atoms with Crippen LogP contribution in [-0.2, 0) is 25.1 Å². The second-order valence-electron chi connectivity index (χ2n) is 8.03. The van der Waals surface area contributed by atoms with Gasteiger partial charge in [-0.3, -0.25) is 13.8 Å². The summed E-state index contributed by atoms with van der Waals surface area (Å²) in [5, 5.41) is 9.58. The molecule has 0 atom stereocenters. The first-order valence-electron chi connectivity index (χ1n) is 10.9. The van der Waals surface area contributed by atoms with Crippen LogP contribution in [0.2, 0.25) is 0 Å². The molecule has 1 aliphatic carbocycles. The Balaban J connectivity index is 1.31. The minimum atomic E-state index is 0.0111. The third-order valence-electron chi connectivity index (χ3n) is 5.81. The summed E-state index contributed by atoms with van der Waals surface area (Å²) < 4.78 is 9.45. The second-order valence-corrected chi connectivity index (χ2v) is 10.0. The van der Waals surface area contributed by atoms with Crippen molar-refractivity contribution in [1.29, 1.82) is 0 Å². The minimum absolute atomic E-state index is 0.0111. The van der Waals surface area contributed by atoms with E-state index < -0.39 is 0 Å². The average molecular weight is 476 g/mol. The highest BCUT2D eigenvalue weighted by Crippen LogP contribution is 2.30. The number of nitrogens with zero attached hydrogens (tertiary/aromatic N) is 5. The standard InChI is InChI=1S/C24H21N5O2S2/c30-21-13-17(25-23-29(21)18-9-4-5-11-20(18)33-23)15-32-24-27-26-22(19-10-6-12-31-19)28(24)14-16-7-2-1-3-8-16/h1-3,6-8,10,12-13H,4-5,9,11,14-15H2. The monoisotopic (exact) mass is 475 g/mol. The predicted octanol–water partition coefficient (Wildman–Crippen LogP) is 4.83. The van der Waals surface area contributed by atoms with Crippen molar-refractivity contribution >= 4 is 28.1 Å². The van der Waals surface area contributed by atoms with Crippen LogP contribution in [0.3, 0.4) is 0 Å². The van der Waals surface area contributed by atoms with E-state index in [-0.39, 0.29) is 5.56 Å². The van der Waals surface area contributed by atoms with Crippen LogP contribution in [0.5, 0.6) is 0 Å². The summed E-state index contributed by atoms with van der Waals surface area (Å²) >= 11 is 3.19. The number of rotatable bonds is 6. The number of benzene rings is 1. The maximum atomic E-state index is 12.9. The van der Waals surface area contributed by atoms with Gasteiger partial charge in [0.2, 0.25) is 5.82 Å². The van der Waals surface area contributed by atoms with Crippen LogP contribution in [0, 0.1) is 0 Å². The first-order valence-corrected chi connectivity index (χ1v) is 12.7. The van der Waals surface area contributed by atoms with Gasteiger partial charge in [-0.2, -0.15) is 0 Å². The van der Waals surface area contributed by atoms with Gasteiger partial charge in [0.1, 0.15) is 0 Å². The zero-order chi connectivity index (χ0) is 22.2. The van der Waals surface area contributed by atoms with Gasteiger partial charge in [-0.15, -0.1) is 21.5 Å². The Labute approximate surface area is 198 Å². The van der Waals surface area contributed by atoms with Crippen molar-refractivity contribution in [2.75, 3.05) is 0 Å². The summed E-state index contributed by atoms with van der Waals surface area (Å²) in [6.07, 6.45) is 5.97. The van der Waals surface area contributed by atoms with E-state index in [4.69, 9.17) is 9.40 Å². The Hall–Kier alpha value is -3.17. The molecule has 166 valence electrons. The van der Waals surface area contributed by atoms with E-state index in [1.54, 1.807) is 28.1 Å². The van der Waals surface area contributed by atoms with E-state index in [1.165, 1.54) is 23.1 Å². The maximum Gasteiger partial charge on any atom is 0.259 e. The van der Waals surface area contributed by atoms with Gasteiger partial charge in [0, 0.05) is 22.4 Å². The van der Waals surface area contributed by atoms with Crippen LogP contribution in [0.25, 0.3) is 16.5 Å². The molecule has 1 aliphatic rings. The highest BCUT2D eigenvalue weighted by Gasteiger charge is 2.20. The first kappa shape index (κ1) is 20.4. The number of hydrogen-bond donors (Lipinski definition) is 0. The van der Waals surface area contributed by atoms with Gasteiger partial charge < -0.3 is 4.42 Å². The van der Waals surface area contributed by atoms with Gasteiger partial charge in [0.15, 0.2) is 15.9 Å². The molecular weight excluding hydrogens is 454 g/mol. The first-order chi connectivity index (χ1) is 16.3. The molecule has 9 heteroatoms. The lowest BCUT2D eigenvalue weighted by Gasteiger charge is -2.10. The molecule has 1 aromatic carbocycles. The van der Waals surface area contributed by atoms with Crippen molar-refractivity contribution in [2.45, 2.75) is 43.1 Å². The maximum absolute atomic E-state index is 12.9. The molecule has 0 saturated heterocycles. The Morgan fingerprint density at radius 3 is 2.79 bits per heavy atom. The fraction of sp³-hybridized carbons (Fsp3) is 0.250. The molecule has 0 bridgehead atoms.